The minimum absolute atomic E-state index is 0.0451. The number of benzene rings is 1. The molecular weight excluding hydrogens is 420 g/mol. The van der Waals surface area contributed by atoms with Crippen molar-refractivity contribution in [1.82, 2.24) is 14.8 Å². The summed E-state index contributed by atoms with van der Waals surface area (Å²) in [6.45, 7) is 7.07. The van der Waals surface area contributed by atoms with Gasteiger partial charge in [-0.1, -0.05) is 6.07 Å². The molecule has 4 bridgehead atoms. The second kappa shape index (κ2) is 7.29. The number of hydrogen-bond donors (Lipinski definition) is 1. The van der Waals surface area contributed by atoms with Gasteiger partial charge in [0, 0.05) is 37.1 Å². The zero-order chi connectivity index (χ0) is 23.1. The van der Waals surface area contributed by atoms with Gasteiger partial charge in [-0.3, -0.25) is 0 Å². The van der Waals surface area contributed by atoms with E-state index < -0.39 is 0 Å². The minimum Gasteiger partial charge on any atom is -0.359 e. The van der Waals surface area contributed by atoms with Crippen LogP contribution in [0.5, 0.6) is 0 Å². The summed E-state index contributed by atoms with van der Waals surface area (Å²) in [5.74, 6) is 2.56. The summed E-state index contributed by atoms with van der Waals surface area (Å²) < 4.78 is 2.39. The van der Waals surface area contributed by atoms with Crippen molar-refractivity contribution in [2.45, 2.75) is 76.3 Å². The normalized spacial score (nSPS) is 32.6. The largest absolute Gasteiger partial charge is 0.359 e. The average molecular weight is 459 g/mol. The fourth-order valence-corrected chi connectivity index (χ4v) is 9.04. The van der Waals surface area contributed by atoms with Crippen molar-refractivity contribution < 1.29 is 4.79 Å². The van der Waals surface area contributed by atoms with Gasteiger partial charge in [-0.2, -0.15) is 0 Å². The third kappa shape index (κ3) is 2.94. The lowest BCUT2D eigenvalue weighted by molar-refractivity contribution is -0.0163. The second-order valence-corrected chi connectivity index (χ2v) is 12.1. The molecule has 5 nitrogen and oxygen atoms in total. The monoisotopic (exact) mass is 458 g/mol. The molecule has 0 atom stereocenters. The van der Waals surface area contributed by atoms with Gasteiger partial charge in [0.2, 0.25) is 0 Å². The highest BCUT2D eigenvalue weighted by Crippen LogP contribution is 2.56. The van der Waals surface area contributed by atoms with Crippen LogP contribution in [-0.4, -0.2) is 40.7 Å². The molecule has 3 heterocycles. The average Bonchev–Trinajstić information content (AvgIpc) is 3.29. The Balaban J connectivity index is 1.13. The number of carbonyl (C=O) groups excluding carboxylic acids is 1. The van der Waals surface area contributed by atoms with E-state index >= 15 is 0 Å². The summed E-state index contributed by atoms with van der Waals surface area (Å²) in [5, 5.41) is 3.62. The highest BCUT2D eigenvalue weighted by atomic mass is 16.2. The lowest BCUT2D eigenvalue weighted by Gasteiger charge is -2.57. The number of rotatable bonds is 2. The van der Waals surface area contributed by atoms with Gasteiger partial charge in [0.15, 0.2) is 0 Å². The number of aryl methyl sites for hydroxylation is 1. The quantitative estimate of drug-likeness (QED) is 0.637. The van der Waals surface area contributed by atoms with Crippen LogP contribution in [0, 0.1) is 24.7 Å². The van der Waals surface area contributed by atoms with Gasteiger partial charge < -0.3 is 19.7 Å². The van der Waals surface area contributed by atoms with Crippen LogP contribution in [0.1, 0.15) is 69.5 Å². The minimum atomic E-state index is -0.0451. The van der Waals surface area contributed by atoms with Gasteiger partial charge in [0.25, 0.3) is 0 Å². The van der Waals surface area contributed by atoms with Crippen LogP contribution in [-0.2, 0) is 5.54 Å². The van der Waals surface area contributed by atoms with E-state index in [1.165, 1.54) is 61.2 Å². The number of hydrogen-bond acceptors (Lipinski definition) is 2. The van der Waals surface area contributed by atoms with E-state index in [0.29, 0.717) is 0 Å². The number of anilines is 1. The first-order valence-electron chi connectivity index (χ1n) is 13.6. The smallest absolute Gasteiger partial charge is 0.317 e. The molecule has 0 radical (unpaired) electrons. The molecule has 180 valence electrons. The summed E-state index contributed by atoms with van der Waals surface area (Å²) in [4.78, 5) is 18.3. The number of fused-ring (bicyclic) bond motifs is 4. The van der Waals surface area contributed by atoms with Crippen LogP contribution in [0.15, 0.2) is 36.5 Å². The van der Waals surface area contributed by atoms with Crippen molar-refractivity contribution in [3.63, 3.8) is 0 Å². The maximum absolute atomic E-state index is 13.5. The maximum atomic E-state index is 13.5. The molecule has 5 heteroatoms. The van der Waals surface area contributed by atoms with E-state index in [9.17, 15) is 4.79 Å². The first-order valence-corrected chi connectivity index (χ1v) is 13.6. The van der Waals surface area contributed by atoms with E-state index in [-0.39, 0.29) is 17.1 Å². The first kappa shape index (κ1) is 20.9. The van der Waals surface area contributed by atoms with Crippen LogP contribution >= 0.6 is 0 Å². The van der Waals surface area contributed by atoms with Crippen LogP contribution in [0.4, 0.5) is 10.5 Å². The van der Waals surface area contributed by atoms with Crippen molar-refractivity contribution in [2.75, 3.05) is 24.5 Å². The topological polar surface area (TPSA) is 40.5 Å². The van der Waals surface area contributed by atoms with Crippen LogP contribution in [0.3, 0.4) is 0 Å². The molecule has 2 aromatic rings. The summed E-state index contributed by atoms with van der Waals surface area (Å²) in [6, 6.07) is 11.5. The van der Waals surface area contributed by atoms with E-state index in [2.05, 4.69) is 70.1 Å². The van der Waals surface area contributed by atoms with E-state index in [1.807, 2.05) is 0 Å². The SMILES string of the molecule is CCN1c2cc(C)ccc2-n2cccc2C12CCN(C(=O)NC13CC4CC(CC(C4)C1)C3)CC2. The molecule has 2 aliphatic heterocycles. The number of nitrogens with zero attached hydrogens (tertiary/aromatic N) is 3. The molecule has 0 unspecified atom stereocenters. The third-order valence-corrected chi connectivity index (χ3v) is 10.0. The molecule has 1 saturated heterocycles. The molecule has 8 rings (SSSR count). The molecule has 1 aromatic heterocycles. The zero-order valence-corrected chi connectivity index (χ0v) is 20.7. The van der Waals surface area contributed by atoms with Gasteiger partial charge in [-0.25, -0.2) is 4.79 Å². The standard InChI is InChI=1S/C29H38N4O/c1-3-33-25-13-20(2)6-7-24(25)32-10-4-5-26(32)29(33)8-11-31(12-9-29)27(34)30-28-17-21-14-22(18-28)16-23(15-21)19-28/h4-7,10,13,21-23H,3,8-9,11-12,14-19H2,1-2H3,(H,30,34). The van der Waals surface area contributed by atoms with Crippen LogP contribution in [0.25, 0.3) is 5.69 Å². The van der Waals surface area contributed by atoms with Crippen LogP contribution < -0.4 is 10.2 Å². The second-order valence-electron chi connectivity index (χ2n) is 12.1. The third-order valence-electron chi connectivity index (χ3n) is 10.0. The summed E-state index contributed by atoms with van der Waals surface area (Å²) >= 11 is 0. The zero-order valence-electron chi connectivity index (χ0n) is 20.7. The Morgan fingerprint density at radius 2 is 1.68 bits per heavy atom. The lowest BCUT2D eigenvalue weighted by atomic mass is 9.53. The predicted octanol–water partition coefficient (Wildman–Crippen LogP) is 5.60. The number of carbonyl (C=O) groups is 1. The van der Waals surface area contributed by atoms with Gasteiger partial charge in [0.05, 0.1) is 16.9 Å². The Kier molecular flexibility index (Phi) is 4.48. The van der Waals surface area contributed by atoms with Crippen molar-refractivity contribution in [3.8, 4) is 5.69 Å². The highest BCUT2D eigenvalue weighted by molar-refractivity contribution is 5.76. The number of likely N-dealkylation sites (tertiary alicyclic amines) is 1. The van der Waals surface area contributed by atoms with Gasteiger partial charge >= 0.3 is 6.03 Å². The summed E-state index contributed by atoms with van der Waals surface area (Å²) in [6.07, 6.45) is 12.1. The Labute approximate surface area is 203 Å². The van der Waals surface area contributed by atoms with Crippen molar-refractivity contribution in [1.29, 1.82) is 0 Å². The molecule has 1 aromatic carbocycles. The van der Waals surface area contributed by atoms with Gasteiger partial charge in [0.1, 0.15) is 0 Å². The Morgan fingerprint density at radius 1 is 1.00 bits per heavy atom. The molecule has 1 N–H and O–H groups in total. The number of aromatic nitrogens is 1. The highest BCUT2D eigenvalue weighted by Gasteiger charge is 2.52. The fourth-order valence-electron chi connectivity index (χ4n) is 9.04. The molecule has 1 spiro atoms. The Bertz CT molecular complexity index is 1090. The van der Waals surface area contributed by atoms with Crippen LogP contribution in [0.2, 0.25) is 0 Å². The molecule has 4 aliphatic carbocycles. The van der Waals surface area contributed by atoms with Gasteiger partial charge in [-0.15, -0.1) is 0 Å². The summed E-state index contributed by atoms with van der Waals surface area (Å²) in [7, 11) is 0. The Morgan fingerprint density at radius 3 is 2.32 bits per heavy atom. The number of urea groups is 1. The molecule has 6 aliphatic rings. The number of nitrogens with one attached hydrogen (secondary N) is 1. The molecule has 4 saturated carbocycles. The van der Waals surface area contributed by atoms with E-state index in [0.717, 1.165) is 50.2 Å². The predicted molar refractivity (Wildman–Crippen MR) is 135 cm³/mol. The Hall–Kier alpha value is -2.43. The van der Waals surface area contributed by atoms with E-state index in [1.54, 1.807) is 0 Å². The number of amides is 2. The maximum Gasteiger partial charge on any atom is 0.317 e. The molecule has 5 fully saturated rings. The van der Waals surface area contributed by atoms with Crippen molar-refractivity contribution in [3.05, 3.63) is 47.8 Å². The van der Waals surface area contributed by atoms with Crippen molar-refractivity contribution >= 4 is 11.7 Å². The van der Waals surface area contributed by atoms with Gasteiger partial charge in [-0.05, 0) is 113 Å². The molecule has 34 heavy (non-hydrogen) atoms. The van der Waals surface area contributed by atoms with Crippen molar-refractivity contribution in [2.24, 2.45) is 17.8 Å². The fraction of sp³-hybridized carbons (Fsp3) is 0.621. The summed E-state index contributed by atoms with van der Waals surface area (Å²) in [5.41, 5.74) is 5.34. The number of piperidine rings is 1. The molecular formula is C29H38N4O. The first-order chi connectivity index (χ1) is 16.5. The van der Waals surface area contributed by atoms with E-state index in [4.69, 9.17) is 0 Å². The lowest BCUT2D eigenvalue weighted by Crippen LogP contribution is -2.63. The molecule has 2 amide bonds.